The molecule has 4 nitrogen and oxygen atoms in total. The molecule has 5 heteroatoms. The first-order valence-electron chi connectivity index (χ1n) is 5.84. The smallest absolute Gasteiger partial charge is 0.129 e. The molecule has 0 saturated carbocycles. The van der Waals surface area contributed by atoms with E-state index in [-0.39, 0.29) is 0 Å². The van der Waals surface area contributed by atoms with Gasteiger partial charge >= 0.3 is 0 Å². The van der Waals surface area contributed by atoms with Crippen molar-refractivity contribution in [3.63, 3.8) is 0 Å². The van der Waals surface area contributed by atoms with Gasteiger partial charge in [0.2, 0.25) is 0 Å². The zero-order valence-electron chi connectivity index (χ0n) is 10.6. The molecule has 0 aliphatic carbocycles. The van der Waals surface area contributed by atoms with E-state index in [4.69, 9.17) is 4.74 Å². The van der Waals surface area contributed by atoms with E-state index >= 15 is 0 Å². The maximum absolute atomic E-state index is 5.42. The van der Waals surface area contributed by atoms with Gasteiger partial charge in [-0.15, -0.1) is 0 Å². The number of aromatic nitrogens is 3. The SMILES string of the molecule is COc1cccc2c1c(Br)cn2-c1ccnnc1C. The van der Waals surface area contributed by atoms with Crippen molar-refractivity contribution < 1.29 is 4.74 Å². The molecule has 0 radical (unpaired) electrons. The van der Waals surface area contributed by atoms with Gasteiger partial charge in [0, 0.05) is 10.7 Å². The molecular formula is C14H12BrN3O. The van der Waals surface area contributed by atoms with E-state index in [0.717, 1.165) is 32.5 Å². The van der Waals surface area contributed by atoms with E-state index in [1.807, 2.05) is 31.3 Å². The van der Waals surface area contributed by atoms with Crippen molar-refractivity contribution in [2.24, 2.45) is 0 Å². The van der Waals surface area contributed by atoms with Crippen LogP contribution in [0.4, 0.5) is 0 Å². The van der Waals surface area contributed by atoms with E-state index in [2.05, 4.69) is 36.8 Å². The number of hydrogen-bond donors (Lipinski definition) is 0. The zero-order chi connectivity index (χ0) is 13.4. The van der Waals surface area contributed by atoms with Crippen molar-refractivity contribution >= 4 is 26.8 Å². The van der Waals surface area contributed by atoms with Crippen LogP contribution in [0.5, 0.6) is 5.75 Å². The lowest BCUT2D eigenvalue weighted by Crippen LogP contribution is -1.98. The van der Waals surface area contributed by atoms with Crippen LogP contribution >= 0.6 is 15.9 Å². The Morgan fingerprint density at radius 1 is 1.26 bits per heavy atom. The molecule has 0 spiro atoms. The highest BCUT2D eigenvalue weighted by atomic mass is 79.9. The number of methoxy groups -OCH3 is 1. The van der Waals surface area contributed by atoms with Gasteiger partial charge in [-0.25, -0.2) is 0 Å². The highest BCUT2D eigenvalue weighted by Gasteiger charge is 2.13. The Hall–Kier alpha value is -1.88. The predicted molar refractivity (Wildman–Crippen MR) is 77.9 cm³/mol. The third-order valence-corrected chi connectivity index (χ3v) is 3.70. The molecule has 0 amide bonds. The summed E-state index contributed by atoms with van der Waals surface area (Å²) in [6.07, 6.45) is 3.72. The molecule has 0 aliphatic rings. The molecule has 2 heterocycles. The molecule has 0 fully saturated rings. The third-order valence-electron chi connectivity index (χ3n) is 3.10. The Labute approximate surface area is 119 Å². The number of aryl methyl sites for hydroxylation is 1. The van der Waals surface area contributed by atoms with E-state index in [1.54, 1.807) is 13.3 Å². The van der Waals surface area contributed by atoms with Crippen LogP contribution in [-0.2, 0) is 0 Å². The van der Waals surface area contributed by atoms with Crippen molar-refractivity contribution in [2.75, 3.05) is 7.11 Å². The lowest BCUT2D eigenvalue weighted by atomic mass is 10.2. The van der Waals surface area contributed by atoms with Gasteiger partial charge in [0.05, 0.1) is 35.6 Å². The molecule has 0 saturated heterocycles. The van der Waals surface area contributed by atoms with Gasteiger partial charge in [-0.2, -0.15) is 10.2 Å². The van der Waals surface area contributed by atoms with Gasteiger partial charge in [0.15, 0.2) is 0 Å². The average molecular weight is 318 g/mol. The highest BCUT2D eigenvalue weighted by Crippen LogP contribution is 2.35. The molecule has 96 valence electrons. The molecular weight excluding hydrogens is 306 g/mol. The third kappa shape index (κ3) is 1.90. The van der Waals surface area contributed by atoms with E-state index < -0.39 is 0 Å². The minimum Gasteiger partial charge on any atom is -0.496 e. The quantitative estimate of drug-likeness (QED) is 0.726. The molecule has 0 bridgehead atoms. The number of halogens is 1. The second-order valence-corrected chi connectivity index (χ2v) is 5.06. The second-order valence-electron chi connectivity index (χ2n) is 4.20. The van der Waals surface area contributed by atoms with Crippen molar-refractivity contribution in [3.05, 3.63) is 46.8 Å². The van der Waals surface area contributed by atoms with E-state index in [1.165, 1.54) is 0 Å². The van der Waals surface area contributed by atoms with Crippen molar-refractivity contribution in [1.29, 1.82) is 0 Å². The summed E-state index contributed by atoms with van der Waals surface area (Å²) in [5.74, 6) is 0.850. The van der Waals surface area contributed by atoms with Crippen molar-refractivity contribution in [3.8, 4) is 11.4 Å². The van der Waals surface area contributed by atoms with Crippen LogP contribution in [-0.4, -0.2) is 21.9 Å². The van der Waals surface area contributed by atoms with Gasteiger partial charge in [-0.1, -0.05) is 6.07 Å². The Morgan fingerprint density at radius 3 is 2.84 bits per heavy atom. The zero-order valence-corrected chi connectivity index (χ0v) is 12.2. The summed E-state index contributed by atoms with van der Waals surface area (Å²) in [5, 5.41) is 9.04. The van der Waals surface area contributed by atoms with Crippen LogP contribution in [0.3, 0.4) is 0 Å². The molecule has 0 unspecified atom stereocenters. The average Bonchev–Trinajstić information content (AvgIpc) is 2.77. The summed E-state index contributed by atoms with van der Waals surface area (Å²) < 4.78 is 8.50. The molecule has 3 rings (SSSR count). The minimum atomic E-state index is 0.850. The summed E-state index contributed by atoms with van der Waals surface area (Å²) >= 11 is 3.59. The van der Waals surface area contributed by atoms with Gasteiger partial charge in [0.1, 0.15) is 5.75 Å². The summed E-state index contributed by atoms with van der Waals surface area (Å²) in [6, 6.07) is 7.94. The molecule has 3 aromatic rings. The maximum atomic E-state index is 5.42. The fourth-order valence-electron chi connectivity index (χ4n) is 2.23. The van der Waals surface area contributed by atoms with Gasteiger partial charge in [-0.3, -0.25) is 0 Å². The summed E-state index contributed by atoms with van der Waals surface area (Å²) in [7, 11) is 1.68. The normalized spacial score (nSPS) is 10.9. The second kappa shape index (κ2) is 4.66. The first kappa shape index (κ1) is 12.2. The van der Waals surface area contributed by atoms with Crippen molar-refractivity contribution in [1.82, 2.24) is 14.8 Å². The summed E-state index contributed by atoms with van der Waals surface area (Å²) in [5.41, 5.74) is 2.97. The van der Waals surface area contributed by atoms with Gasteiger partial charge in [-0.05, 0) is 41.1 Å². The highest BCUT2D eigenvalue weighted by molar-refractivity contribution is 9.10. The fraction of sp³-hybridized carbons (Fsp3) is 0.143. The minimum absolute atomic E-state index is 0.850. The maximum Gasteiger partial charge on any atom is 0.129 e. The largest absolute Gasteiger partial charge is 0.496 e. The molecule has 19 heavy (non-hydrogen) atoms. The Kier molecular flexibility index (Phi) is 2.98. The molecule has 1 aromatic carbocycles. The molecule has 0 N–H and O–H groups in total. The number of nitrogens with zero attached hydrogens (tertiary/aromatic N) is 3. The number of rotatable bonds is 2. The van der Waals surface area contributed by atoms with Crippen molar-refractivity contribution in [2.45, 2.75) is 6.92 Å². The summed E-state index contributed by atoms with van der Waals surface area (Å²) in [6.45, 7) is 1.95. The summed E-state index contributed by atoms with van der Waals surface area (Å²) in [4.78, 5) is 0. The standard InChI is InChI=1S/C14H12BrN3O/c1-9-11(6-7-16-17-9)18-8-10(15)14-12(18)4-3-5-13(14)19-2/h3-8H,1-2H3. The number of benzene rings is 1. The lowest BCUT2D eigenvalue weighted by Gasteiger charge is -2.08. The van der Waals surface area contributed by atoms with Crippen LogP contribution in [0.2, 0.25) is 0 Å². The van der Waals surface area contributed by atoms with Crippen LogP contribution in [0.15, 0.2) is 41.1 Å². The van der Waals surface area contributed by atoms with Gasteiger partial charge in [0.25, 0.3) is 0 Å². The van der Waals surface area contributed by atoms with E-state index in [9.17, 15) is 0 Å². The van der Waals surface area contributed by atoms with Gasteiger partial charge < -0.3 is 9.30 Å². The molecule has 2 aromatic heterocycles. The van der Waals surface area contributed by atoms with Crippen LogP contribution in [0.1, 0.15) is 5.69 Å². The number of ether oxygens (including phenoxy) is 1. The van der Waals surface area contributed by atoms with Crippen LogP contribution < -0.4 is 4.74 Å². The Balaban J connectivity index is 2.35. The molecule has 0 aliphatic heterocycles. The predicted octanol–water partition coefficient (Wildman–Crippen LogP) is 3.50. The lowest BCUT2D eigenvalue weighted by molar-refractivity contribution is 0.419. The first-order valence-corrected chi connectivity index (χ1v) is 6.64. The number of fused-ring (bicyclic) bond motifs is 1. The number of hydrogen-bond acceptors (Lipinski definition) is 3. The van der Waals surface area contributed by atoms with E-state index in [0.29, 0.717) is 0 Å². The first-order chi connectivity index (χ1) is 9.22. The molecule has 0 atom stereocenters. The van der Waals surface area contributed by atoms with Crippen LogP contribution in [0.25, 0.3) is 16.6 Å². The van der Waals surface area contributed by atoms with Crippen LogP contribution in [0, 0.1) is 6.92 Å². The Morgan fingerprint density at radius 2 is 2.11 bits per heavy atom. The fourth-order valence-corrected chi connectivity index (χ4v) is 2.83. The Bertz CT molecular complexity index is 752. The monoisotopic (exact) mass is 317 g/mol. The topological polar surface area (TPSA) is 39.9 Å².